The summed E-state index contributed by atoms with van der Waals surface area (Å²) in [5.41, 5.74) is 1.00. The predicted molar refractivity (Wildman–Crippen MR) is 108 cm³/mol. The molecule has 1 N–H and O–H groups in total. The van der Waals surface area contributed by atoms with Crippen molar-refractivity contribution in [2.45, 2.75) is 25.8 Å². The zero-order valence-corrected chi connectivity index (χ0v) is 16.5. The monoisotopic (exact) mass is 417 g/mol. The van der Waals surface area contributed by atoms with Crippen LogP contribution in [0.2, 0.25) is 5.02 Å². The molecule has 1 amide bonds. The van der Waals surface area contributed by atoms with E-state index in [2.05, 4.69) is 10.4 Å². The first-order valence-electron chi connectivity index (χ1n) is 8.80. The average molecular weight is 418 g/mol. The van der Waals surface area contributed by atoms with E-state index in [0.717, 1.165) is 17.2 Å². The number of hydrogen-bond donors (Lipinski definition) is 1. The van der Waals surface area contributed by atoms with Crippen LogP contribution in [0.3, 0.4) is 0 Å². The molecule has 0 aliphatic heterocycles. The van der Waals surface area contributed by atoms with Crippen molar-refractivity contribution in [1.29, 1.82) is 0 Å². The summed E-state index contributed by atoms with van der Waals surface area (Å²) in [5, 5.41) is 7.47. The molecule has 3 aromatic rings. The SMILES string of the molecule is CC(C(=O)Nc1ccc(C(C)(F)F)cc1)n1nc(-c2ccc(Cl)cc2)ccc1=O. The second-order valence-corrected chi connectivity index (χ2v) is 7.08. The summed E-state index contributed by atoms with van der Waals surface area (Å²) in [6, 6.07) is 14.2. The van der Waals surface area contributed by atoms with Gasteiger partial charge >= 0.3 is 0 Å². The largest absolute Gasteiger partial charge is 0.324 e. The molecule has 5 nitrogen and oxygen atoms in total. The lowest BCUT2D eigenvalue weighted by atomic mass is 10.1. The Balaban J connectivity index is 1.81. The number of halogens is 3. The van der Waals surface area contributed by atoms with Gasteiger partial charge in [-0.2, -0.15) is 5.10 Å². The van der Waals surface area contributed by atoms with Crippen LogP contribution in [0, 0.1) is 0 Å². The smallest absolute Gasteiger partial charge is 0.270 e. The van der Waals surface area contributed by atoms with E-state index in [4.69, 9.17) is 11.6 Å². The summed E-state index contributed by atoms with van der Waals surface area (Å²) in [5.74, 6) is -3.46. The third-order valence-electron chi connectivity index (χ3n) is 4.37. The normalized spacial score (nSPS) is 12.4. The number of alkyl halides is 2. The van der Waals surface area contributed by atoms with Gasteiger partial charge in [-0.3, -0.25) is 9.59 Å². The van der Waals surface area contributed by atoms with E-state index >= 15 is 0 Å². The summed E-state index contributed by atoms with van der Waals surface area (Å²) in [7, 11) is 0. The number of rotatable bonds is 5. The highest BCUT2D eigenvalue weighted by molar-refractivity contribution is 6.30. The Labute approximate surface area is 170 Å². The summed E-state index contributed by atoms with van der Waals surface area (Å²) < 4.78 is 27.7. The van der Waals surface area contributed by atoms with Crippen molar-refractivity contribution in [3.63, 3.8) is 0 Å². The van der Waals surface area contributed by atoms with E-state index in [1.807, 2.05) is 0 Å². The van der Waals surface area contributed by atoms with Crippen LogP contribution in [0.4, 0.5) is 14.5 Å². The number of anilines is 1. The molecule has 8 heteroatoms. The molecule has 0 spiro atoms. The molecule has 0 bridgehead atoms. The molecule has 3 rings (SSSR count). The Bertz CT molecular complexity index is 1070. The zero-order valence-electron chi connectivity index (χ0n) is 15.7. The first-order valence-corrected chi connectivity index (χ1v) is 9.18. The van der Waals surface area contributed by atoms with Gasteiger partial charge in [-0.15, -0.1) is 0 Å². The van der Waals surface area contributed by atoms with Gasteiger partial charge in [0.1, 0.15) is 6.04 Å². The number of benzene rings is 2. The molecule has 1 unspecified atom stereocenters. The van der Waals surface area contributed by atoms with E-state index in [1.165, 1.54) is 37.3 Å². The molecule has 2 aromatic carbocycles. The van der Waals surface area contributed by atoms with Crippen molar-refractivity contribution in [2.24, 2.45) is 0 Å². The Morgan fingerprint density at radius 1 is 1.07 bits per heavy atom. The topological polar surface area (TPSA) is 64.0 Å². The molecule has 0 aliphatic rings. The second kappa shape index (κ2) is 8.13. The predicted octanol–water partition coefficient (Wildman–Crippen LogP) is 4.88. The number of aromatic nitrogens is 2. The molecule has 29 heavy (non-hydrogen) atoms. The quantitative estimate of drug-likeness (QED) is 0.643. The van der Waals surface area contributed by atoms with E-state index < -0.39 is 23.4 Å². The van der Waals surface area contributed by atoms with Crippen molar-refractivity contribution in [3.05, 3.63) is 81.6 Å². The summed E-state index contributed by atoms with van der Waals surface area (Å²) in [6.07, 6.45) is 0. The Kier molecular flexibility index (Phi) is 5.79. The van der Waals surface area contributed by atoms with Gasteiger partial charge in [-0.1, -0.05) is 35.9 Å². The van der Waals surface area contributed by atoms with Gasteiger partial charge in [0.05, 0.1) is 5.69 Å². The van der Waals surface area contributed by atoms with E-state index in [-0.39, 0.29) is 5.56 Å². The lowest BCUT2D eigenvalue weighted by Crippen LogP contribution is -2.33. The van der Waals surface area contributed by atoms with Gasteiger partial charge in [-0.25, -0.2) is 13.5 Å². The molecule has 0 aliphatic carbocycles. The van der Waals surface area contributed by atoms with Crippen LogP contribution in [-0.4, -0.2) is 15.7 Å². The number of carbonyl (C=O) groups is 1. The molecule has 0 radical (unpaired) electrons. The lowest BCUT2D eigenvalue weighted by molar-refractivity contribution is -0.119. The fourth-order valence-corrected chi connectivity index (χ4v) is 2.81. The van der Waals surface area contributed by atoms with Crippen molar-refractivity contribution in [3.8, 4) is 11.3 Å². The molecular formula is C21H18ClF2N3O2. The molecule has 150 valence electrons. The van der Waals surface area contributed by atoms with Gasteiger partial charge in [0.2, 0.25) is 5.91 Å². The van der Waals surface area contributed by atoms with Gasteiger partial charge in [0.15, 0.2) is 0 Å². The lowest BCUT2D eigenvalue weighted by Gasteiger charge is -2.16. The maximum Gasteiger partial charge on any atom is 0.270 e. The molecule has 0 saturated heterocycles. The van der Waals surface area contributed by atoms with Crippen LogP contribution in [0.25, 0.3) is 11.3 Å². The van der Waals surface area contributed by atoms with Crippen LogP contribution < -0.4 is 10.9 Å². The molecule has 1 heterocycles. The van der Waals surface area contributed by atoms with Crippen molar-refractivity contribution < 1.29 is 13.6 Å². The highest BCUT2D eigenvalue weighted by atomic mass is 35.5. The minimum Gasteiger partial charge on any atom is -0.324 e. The van der Waals surface area contributed by atoms with Crippen LogP contribution in [-0.2, 0) is 10.7 Å². The van der Waals surface area contributed by atoms with E-state index in [0.29, 0.717) is 16.4 Å². The van der Waals surface area contributed by atoms with E-state index in [1.54, 1.807) is 30.3 Å². The highest BCUT2D eigenvalue weighted by Crippen LogP contribution is 2.27. The van der Waals surface area contributed by atoms with Crippen LogP contribution in [0.1, 0.15) is 25.5 Å². The van der Waals surface area contributed by atoms with Gasteiger partial charge < -0.3 is 5.32 Å². The first kappa shape index (κ1) is 20.7. The fourth-order valence-electron chi connectivity index (χ4n) is 2.68. The standard InChI is InChI=1S/C21H18ClF2N3O2/c1-13(20(29)25-17-9-5-15(6-10-17)21(2,23)24)27-19(28)12-11-18(26-27)14-3-7-16(22)8-4-14/h3-13H,1-2H3,(H,25,29). The number of amides is 1. The third-order valence-corrected chi connectivity index (χ3v) is 4.62. The first-order chi connectivity index (χ1) is 13.6. The number of nitrogens with one attached hydrogen (secondary N) is 1. The maximum absolute atomic E-state index is 13.3. The summed E-state index contributed by atoms with van der Waals surface area (Å²) in [6.45, 7) is 2.33. The molecule has 1 atom stereocenters. The van der Waals surface area contributed by atoms with Crippen LogP contribution in [0.15, 0.2) is 65.5 Å². The van der Waals surface area contributed by atoms with Gasteiger partial charge in [0, 0.05) is 34.8 Å². The highest BCUT2D eigenvalue weighted by Gasteiger charge is 2.24. The van der Waals surface area contributed by atoms with Crippen LogP contribution >= 0.6 is 11.6 Å². The van der Waals surface area contributed by atoms with Crippen LogP contribution in [0.5, 0.6) is 0 Å². The average Bonchev–Trinajstić information content (AvgIpc) is 2.68. The number of hydrogen-bond acceptors (Lipinski definition) is 3. The zero-order chi connectivity index (χ0) is 21.2. The van der Waals surface area contributed by atoms with E-state index in [9.17, 15) is 18.4 Å². The third kappa shape index (κ3) is 4.86. The van der Waals surface area contributed by atoms with Crippen molar-refractivity contribution >= 4 is 23.2 Å². The maximum atomic E-state index is 13.3. The van der Waals surface area contributed by atoms with Crippen molar-refractivity contribution in [1.82, 2.24) is 9.78 Å². The second-order valence-electron chi connectivity index (χ2n) is 6.64. The Hall–Kier alpha value is -3.06. The van der Waals surface area contributed by atoms with Crippen molar-refractivity contribution in [2.75, 3.05) is 5.32 Å². The Morgan fingerprint density at radius 3 is 2.28 bits per heavy atom. The van der Waals surface area contributed by atoms with Gasteiger partial charge in [0.25, 0.3) is 11.5 Å². The molecule has 1 aromatic heterocycles. The minimum absolute atomic E-state index is 0.155. The minimum atomic E-state index is -2.96. The van der Waals surface area contributed by atoms with Gasteiger partial charge in [-0.05, 0) is 37.3 Å². The summed E-state index contributed by atoms with van der Waals surface area (Å²) in [4.78, 5) is 24.8. The number of carbonyl (C=O) groups excluding carboxylic acids is 1. The number of nitrogens with zero attached hydrogens (tertiary/aromatic N) is 2. The fraction of sp³-hybridized carbons (Fsp3) is 0.190. The summed E-state index contributed by atoms with van der Waals surface area (Å²) >= 11 is 5.89. The molecule has 0 saturated carbocycles. The molecular weight excluding hydrogens is 400 g/mol. The Morgan fingerprint density at radius 2 is 1.69 bits per heavy atom. The molecule has 0 fully saturated rings.